The van der Waals surface area contributed by atoms with Crippen LogP contribution in [0, 0.1) is 0 Å². The summed E-state index contributed by atoms with van der Waals surface area (Å²) >= 11 is 0. The second-order valence-corrected chi connectivity index (χ2v) is 9.31. The number of ether oxygens (including phenoxy) is 2. The zero-order valence-corrected chi connectivity index (χ0v) is 16.7. The minimum atomic E-state index is -3.50. The predicted molar refractivity (Wildman–Crippen MR) is 102 cm³/mol. The van der Waals surface area contributed by atoms with Crippen molar-refractivity contribution in [1.29, 1.82) is 0 Å². The van der Waals surface area contributed by atoms with Gasteiger partial charge in [0.05, 0.1) is 36.9 Å². The molecule has 2 aliphatic rings. The van der Waals surface area contributed by atoms with Crippen LogP contribution in [-0.2, 0) is 31.8 Å². The van der Waals surface area contributed by atoms with Crippen LogP contribution in [0.2, 0.25) is 0 Å². The smallest absolute Gasteiger partial charge is 0.216 e. The SMILES string of the molecule is CN(C)Cc1cn([C@H]2CO[C@H]3[C@@H]2OC[C@@H]3NS(=O)(=O)Cc2ccccc2)nn1. The molecule has 2 saturated heterocycles. The molecule has 3 heterocycles. The maximum absolute atomic E-state index is 12.5. The number of nitrogens with zero attached hydrogens (tertiary/aromatic N) is 4. The molecule has 1 N–H and O–H groups in total. The maximum Gasteiger partial charge on any atom is 0.216 e. The topological polar surface area (TPSA) is 98.6 Å². The van der Waals surface area contributed by atoms with Gasteiger partial charge in [0, 0.05) is 6.54 Å². The molecule has 9 nitrogen and oxygen atoms in total. The van der Waals surface area contributed by atoms with Gasteiger partial charge in [0.1, 0.15) is 18.2 Å². The van der Waals surface area contributed by atoms with E-state index in [4.69, 9.17) is 9.47 Å². The van der Waals surface area contributed by atoms with E-state index in [1.54, 1.807) is 16.8 Å². The van der Waals surface area contributed by atoms with Gasteiger partial charge in [0.25, 0.3) is 0 Å². The van der Waals surface area contributed by atoms with Crippen molar-refractivity contribution in [2.45, 2.75) is 36.6 Å². The molecular weight excluding hydrogens is 382 g/mol. The lowest BCUT2D eigenvalue weighted by Gasteiger charge is -2.18. The average molecular weight is 407 g/mol. The molecule has 0 saturated carbocycles. The van der Waals surface area contributed by atoms with Gasteiger partial charge in [0.15, 0.2) is 0 Å². The third kappa shape index (κ3) is 4.26. The van der Waals surface area contributed by atoms with E-state index in [0.29, 0.717) is 13.2 Å². The normalized spacial score (nSPS) is 27.4. The van der Waals surface area contributed by atoms with Crippen LogP contribution >= 0.6 is 0 Å². The first kappa shape index (κ1) is 19.5. The van der Waals surface area contributed by atoms with Crippen molar-refractivity contribution in [2.24, 2.45) is 0 Å². The molecule has 1 aromatic heterocycles. The molecule has 0 aliphatic carbocycles. The summed E-state index contributed by atoms with van der Waals surface area (Å²) in [6.45, 7) is 1.39. The first-order valence-electron chi connectivity index (χ1n) is 9.24. The highest BCUT2D eigenvalue weighted by molar-refractivity contribution is 7.88. The van der Waals surface area contributed by atoms with E-state index in [9.17, 15) is 8.42 Å². The summed E-state index contributed by atoms with van der Waals surface area (Å²) < 4.78 is 41.4. The lowest BCUT2D eigenvalue weighted by molar-refractivity contribution is 0.0624. The Morgan fingerprint density at radius 2 is 1.93 bits per heavy atom. The lowest BCUT2D eigenvalue weighted by Crippen LogP contribution is -2.44. The zero-order chi connectivity index (χ0) is 19.7. The molecule has 0 unspecified atom stereocenters. The second-order valence-electron chi connectivity index (χ2n) is 7.56. The maximum atomic E-state index is 12.5. The Balaban J connectivity index is 1.40. The van der Waals surface area contributed by atoms with Crippen LogP contribution in [0.15, 0.2) is 36.5 Å². The van der Waals surface area contributed by atoms with Gasteiger partial charge in [-0.3, -0.25) is 0 Å². The molecule has 0 amide bonds. The molecule has 1 aromatic carbocycles. The Labute approximate surface area is 164 Å². The first-order chi connectivity index (χ1) is 13.4. The fourth-order valence-corrected chi connectivity index (χ4v) is 5.12. The van der Waals surface area contributed by atoms with Crippen LogP contribution < -0.4 is 4.72 Å². The fourth-order valence-electron chi connectivity index (χ4n) is 3.74. The molecule has 10 heteroatoms. The summed E-state index contributed by atoms with van der Waals surface area (Å²) in [5, 5.41) is 8.40. The van der Waals surface area contributed by atoms with Crippen molar-refractivity contribution in [3.63, 3.8) is 0 Å². The summed E-state index contributed by atoms with van der Waals surface area (Å²) in [5.74, 6) is -0.0673. The van der Waals surface area contributed by atoms with Crippen molar-refractivity contribution < 1.29 is 17.9 Å². The minimum Gasteiger partial charge on any atom is -0.371 e. The van der Waals surface area contributed by atoms with Crippen LogP contribution in [0.1, 0.15) is 17.3 Å². The summed E-state index contributed by atoms with van der Waals surface area (Å²) in [7, 11) is 0.446. The molecule has 4 rings (SSSR count). The summed E-state index contributed by atoms with van der Waals surface area (Å²) in [6.07, 6.45) is 1.31. The lowest BCUT2D eigenvalue weighted by atomic mass is 10.1. The Morgan fingerprint density at radius 1 is 1.18 bits per heavy atom. The molecule has 152 valence electrons. The highest BCUT2D eigenvalue weighted by Gasteiger charge is 2.49. The Hall–Kier alpha value is -1.85. The highest BCUT2D eigenvalue weighted by Crippen LogP contribution is 2.34. The largest absolute Gasteiger partial charge is 0.371 e. The van der Waals surface area contributed by atoms with E-state index >= 15 is 0 Å². The van der Waals surface area contributed by atoms with Gasteiger partial charge in [-0.05, 0) is 19.7 Å². The Kier molecular flexibility index (Phi) is 5.48. The van der Waals surface area contributed by atoms with Crippen molar-refractivity contribution in [2.75, 3.05) is 27.3 Å². The van der Waals surface area contributed by atoms with E-state index in [1.165, 1.54) is 0 Å². The van der Waals surface area contributed by atoms with E-state index in [-0.39, 0.29) is 30.6 Å². The molecule has 2 fully saturated rings. The van der Waals surface area contributed by atoms with Gasteiger partial charge in [-0.15, -0.1) is 5.10 Å². The van der Waals surface area contributed by atoms with Crippen molar-refractivity contribution in [3.8, 4) is 0 Å². The highest BCUT2D eigenvalue weighted by atomic mass is 32.2. The van der Waals surface area contributed by atoms with Gasteiger partial charge in [-0.1, -0.05) is 35.5 Å². The molecule has 28 heavy (non-hydrogen) atoms. The van der Waals surface area contributed by atoms with Crippen molar-refractivity contribution >= 4 is 10.0 Å². The Bertz CT molecular complexity index is 902. The molecule has 0 spiro atoms. The Morgan fingerprint density at radius 3 is 2.68 bits per heavy atom. The van der Waals surface area contributed by atoms with Crippen LogP contribution in [-0.4, -0.2) is 73.9 Å². The van der Waals surface area contributed by atoms with Gasteiger partial charge in [0.2, 0.25) is 10.0 Å². The number of aromatic nitrogens is 3. The van der Waals surface area contributed by atoms with Gasteiger partial charge in [-0.25, -0.2) is 17.8 Å². The van der Waals surface area contributed by atoms with Crippen LogP contribution in [0.25, 0.3) is 0 Å². The minimum absolute atomic E-state index is 0.0673. The van der Waals surface area contributed by atoms with Crippen molar-refractivity contribution in [1.82, 2.24) is 24.6 Å². The number of nitrogens with one attached hydrogen (secondary N) is 1. The summed E-state index contributed by atoms with van der Waals surface area (Å²) in [6, 6.07) is 8.58. The quantitative estimate of drug-likeness (QED) is 0.698. The average Bonchev–Trinajstić information content (AvgIpc) is 3.32. The monoisotopic (exact) mass is 407 g/mol. The number of hydrogen-bond acceptors (Lipinski definition) is 7. The predicted octanol–water partition coefficient (Wildman–Crippen LogP) is 0.167. The van der Waals surface area contributed by atoms with Gasteiger partial charge < -0.3 is 14.4 Å². The van der Waals surface area contributed by atoms with E-state index in [1.807, 2.05) is 43.4 Å². The van der Waals surface area contributed by atoms with E-state index in [2.05, 4.69) is 15.0 Å². The number of fused-ring (bicyclic) bond motifs is 1. The molecule has 2 aromatic rings. The third-order valence-corrected chi connectivity index (χ3v) is 6.31. The van der Waals surface area contributed by atoms with Crippen LogP contribution in [0.3, 0.4) is 0 Å². The number of sulfonamides is 1. The van der Waals surface area contributed by atoms with E-state index in [0.717, 1.165) is 11.3 Å². The summed E-state index contributed by atoms with van der Waals surface area (Å²) in [5.41, 5.74) is 1.61. The number of benzene rings is 1. The third-order valence-electron chi connectivity index (χ3n) is 4.93. The molecule has 4 atom stereocenters. The van der Waals surface area contributed by atoms with E-state index < -0.39 is 16.1 Å². The number of hydrogen-bond donors (Lipinski definition) is 1. The fraction of sp³-hybridized carbons (Fsp3) is 0.556. The first-order valence-corrected chi connectivity index (χ1v) is 10.9. The molecular formula is C18H25N5O4S. The van der Waals surface area contributed by atoms with Crippen LogP contribution in [0.4, 0.5) is 0 Å². The zero-order valence-electron chi connectivity index (χ0n) is 15.9. The molecule has 0 bridgehead atoms. The standard InChI is InChI=1S/C18H25N5O4S/c1-22(2)8-14-9-23(21-19-14)16-11-27-17-15(10-26-18(16)17)20-28(24,25)12-13-6-4-3-5-7-13/h3-7,9,15-18,20H,8,10-12H2,1-2H3/t15-,16-,17+,18+/m0/s1. The number of rotatable bonds is 7. The van der Waals surface area contributed by atoms with Crippen molar-refractivity contribution in [3.05, 3.63) is 47.8 Å². The second kappa shape index (κ2) is 7.88. The van der Waals surface area contributed by atoms with Gasteiger partial charge in [-0.2, -0.15) is 0 Å². The van der Waals surface area contributed by atoms with Gasteiger partial charge >= 0.3 is 0 Å². The molecule has 2 aliphatic heterocycles. The molecule has 0 radical (unpaired) electrons. The van der Waals surface area contributed by atoms with Crippen LogP contribution in [0.5, 0.6) is 0 Å². The summed E-state index contributed by atoms with van der Waals surface area (Å²) in [4.78, 5) is 2.02.